The first-order valence-corrected chi connectivity index (χ1v) is 12.6. The van der Waals surface area contributed by atoms with Crippen molar-refractivity contribution in [3.05, 3.63) is 96.3 Å². The van der Waals surface area contributed by atoms with E-state index in [1.165, 1.54) is 0 Å². The second kappa shape index (κ2) is 10.7. The Morgan fingerprint density at radius 3 is 2.68 bits per heavy atom. The third-order valence-corrected chi connectivity index (χ3v) is 6.26. The van der Waals surface area contributed by atoms with Crippen molar-refractivity contribution in [1.82, 2.24) is 30.1 Å². The summed E-state index contributed by atoms with van der Waals surface area (Å²) in [7, 11) is 0. The van der Waals surface area contributed by atoms with Gasteiger partial charge in [-0.2, -0.15) is 5.10 Å². The molecule has 38 heavy (non-hydrogen) atoms. The zero-order chi connectivity index (χ0) is 26.6. The number of pyridine rings is 3. The standard InChI is InChI=1S/C31H31N7/c1-6-27-25(13-20(4)23-14-24(18-33-17-23)35-21(5)12-19(2)3)31(38-37-27)29-15-26-28(36-29)9-11-34-30(26)22-8-7-10-32-16-22/h6-11,13-19,35-37H,4-5,12H2,1-3H3/b25-13+,27-6+. The van der Waals surface area contributed by atoms with Gasteiger partial charge in [0.15, 0.2) is 0 Å². The largest absolute Gasteiger partial charge is 0.358 e. The van der Waals surface area contributed by atoms with Crippen molar-refractivity contribution in [2.24, 2.45) is 5.92 Å². The lowest BCUT2D eigenvalue weighted by Gasteiger charge is -2.12. The number of rotatable bonds is 8. The van der Waals surface area contributed by atoms with Crippen LogP contribution in [0, 0.1) is 5.92 Å². The number of hydrogen-bond acceptors (Lipinski definition) is 5. The molecule has 5 aromatic rings. The van der Waals surface area contributed by atoms with E-state index in [0.717, 1.165) is 73.1 Å². The fraction of sp³-hybridized carbons (Fsp3) is 0.161. The minimum absolute atomic E-state index is 0.526. The van der Waals surface area contributed by atoms with Gasteiger partial charge in [0, 0.05) is 57.7 Å². The van der Waals surface area contributed by atoms with Crippen molar-refractivity contribution >= 4 is 34.3 Å². The van der Waals surface area contributed by atoms with E-state index in [-0.39, 0.29) is 0 Å². The molecule has 0 aromatic carbocycles. The Morgan fingerprint density at radius 1 is 1.05 bits per heavy atom. The molecule has 0 atom stereocenters. The molecule has 5 aromatic heterocycles. The maximum absolute atomic E-state index is 4.65. The molecule has 0 saturated carbocycles. The number of aromatic nitrogens is 6. The number of fused-ring (bicyclic) bond motifs is 1. The fourth-order valence-corrected chi connectivity index (χ4v) is 4.54. The summed E-state index contributed by atoms with van der Waals surface area (Å²) in [6, 6.07) is 10.0. The molecule has 3 N–H and O–H groups in total. The Labute approximate surface area is 221 Å². The van der Waals surface area contributed by atoms with Gasteiger partial charge in [0.1, 0.15) is 5.69 Å². The van der Waals surface area contributed by atoms with Crippen LogP contribution in [0.3, 0.4) is 0 Å². The van der Waals surface area contributed by atoms with Crippen molar-refractivity contribution in [3.63, 3.8) is 0 Å². The predicted molar refractivity (Wildman–Crippen MR) is 156 cm³/mol. The summed E-state index contributed by atoms with van der Waals surface area (Å²) in [4.78, 5) is 16.8. The van der Waals surface area contributed by atoms with Gasteiger partial charge in [-0.1, -0.05) is 33.1 Å². The monoisotopic (exact) mass is 501 g/mol. The highest BCUT2D eigenvalue weighted by Gasteiger charge is 2.13. The third kappa shape index (κ3) is 5.18. The fourth-order valence-electron chi connectivity index (χ4n) is 4.54. The van der Waals surface area contributed by atoms with Gasteiger partial charge in [-0.05, 0) is 61.2 Å². The molecule has 0 fully saturated rings. The topological polar surface area (TPSA) is 95.2 Å². The minimum Gasteiger partial charge on any atom is -0.358 e. The number of allylic oxidation sites excluding steroid dienone is 2. The van der Waals surface area contributed by atoms with Crippen LogP contribution in [0.5, 0.6) is 0 Å². The zero-order valence-corrected chi connectivity index (χ0v) is 21.9. The molecule has 190 valence electrons. The van der Waals surface area contributed by atoms with Gasteiger partial charge in [0.25, 0.3) is 0 Å². The van der Waals surface area contributed by atoms with Gasteiger partial charge in [-0.25, -0.2) is 0 Å². The van der Waals surface area contributed by atoms with E-state index >= 15 is 0 Å². The van der Waals surface area contributed by atoms with Crippen molar-refractivity contribution in [3.8, 4) is 22.6 Å². The van der Waals surface area contributed by atoms with Crippen LogP contribution in [0.4, 0.5) is 5.69 Å². The number of hydrogen-bond donors (Lipinski definition) is 3. The number of H-pyrrole nitrogens is 2. The Morgan fingerprint density at radius 2 is 1.92 bits per heavy atom. The number of nitrogens with zero attached hydrogens (tertiary/aromatic N) is 4. The molecule has 0 aliphatic carbocycles. The second-order valence-electron chi connectivity index (χ2n) is 9.69. The Balaban J connectivity index is 1.53. The SMILES string of the molecule is C=C(CC(C)C)Nc1cncc(C(=C)/C=c2/c(-c3cc4c(-c5cccnc5)nccc4[nH]3)n[nH]/c2=C/C)c1. The molecule has 5 rings (SSSR count). The highest BCUT2D eigenvalue weighted by atomic mass is 15.1. The van der Waals surface area contributed by atoms with Crippen molar-refractivity contribution in [2.75, 3.05) is 5.32 Å². The van der Waals surface area contributed by atoms with Gasteiger partial charge in [-0.15, -0.1) is 0 Å². The lowest BCUT2D eigenvalue weighted by molar-refractivity contribution is 0.645. The molecule has 0 aliphatic rings. The highest BCUT2D eigenvalue weighted by Crippen LogP contribution is 2.29. The molecule has 0 aliphatic heterocycles. The molecular formula is C31H31N7. The summed E-state index contributed by atoms with van der Waals surface area (Å²) in [6.07, 6.45) is 14.0. The van der Waals surface area contributed by atoms with E-state index in [2.05, 4.69) is 68.5 Å². The smallest absolute Gasteiger partial charge is 0.116 e. The van der Waals surface area contributed by atoms with Gasteiger partial charge < -0.3 is 10.3 Å². The van der Waals surface area contributed by atoms with Crippen LogP contribution in [-0.2, 0) is 0 Å². The Hall–Kier alpha value is -4.78. The van der Waals surface area contributed by atoms with E-state index in [1.54, 1.807) is 18.6 Å². The average Bonchev–Trinajstić information content (AvgIpc) is 3.52. The summed E-state index contributed by atoms with van der Waals surface area (Å²) in [5, 5.41) is 14.1. The minimum atomic E-state index is 0.526. The molecule has 0 radical (unpaired) electrons. The number of nitrogens with one attached hydrogen (secondary N) is 3. The van der Waals surface area contributed by atoms with Crippen LogP contribution in [-0.4, -0.2) is 30.1 Å². The van der Waals surface area contributed by atoms with Crippen molar-refractivity contribution in [2.45, 2.75) is 27.2 Å². The maximum atomic E-state index is 4.65. The highest BCUT2D eigenvalue weighted by molar-refractivity contribution is 5.96. The van der Waals surface area contributed by atoms with E-state index in [1.807, 2.05) is 55.7 Å². The molecular weight excluding hydrogens is 470 g/mol. The summed E-state index contributed by atoms with van der Waals surface area (Å²) < 4.78 is 0. The quantitative estimate of drug-likeness (QED) is 0.254. The summed E-state index contributed by atoms with van der Waals surface area (Å²) in [6.45, 7) is 14.8. The summed E-state index contributed by atoms with van der Waals surface area (Å²) in [5.41, 5.74) is 8.12. The van der Waals surface area contributed by atoms with Crippen LogP contribution in [0.15, 0.2) is 80.2 Å². The first-order chi connectivity index (χ1) is 18.4. The molecule has 0 saturated heterocycles. The average molecular weight is 502 g/mol. The molecule has 0 bridgehead atoms. The second-order valence-corrected chi connectivity index (χ2v) is 9.69. The maximum Gasteiger partial charge on any atom is 0.116 e. The zero-order valence-electron chi connectivity index (χ0n) is 21.9. The van der Waals surface area contributed by atoms with Crippen molar-refractivity contribution < 1.29 is 0 Å². The Kier molecular flexibility index (Phi) is 7.00. The van der Waals surface area contributed by atoms with Gasteiger partial charge >= 0.3 is 0 Å². The molecule has 0 unspecified atom stereocenters. The number of anilines is 1. The van der Waals surface area contributed by atoms with Crippen LogP contribution in [0.2, 0.25) is 0 Å². The summed E-state index contributed by atoms with van der Waals surface area (Å²) in [5.74, 6) is 0.526. The first-order valence-electron chi connectivity index (χ1n) is 12.6. The first kappa shape index (κ1) is 24.9. The Bertz CT molecular complexity index is 1740. The number of aromatic amines is 2. The van der Waals surface area contributed by atoms with Crippen LogP contribution >= 0.6 is 0 Å². The lowest BCUT2D eigenvalue weighted by atomic mass is 10.1. The third-order valence-electron chi connectivity index (χ3n) is 6.26. The van der Waals surface area contributed by atoms with Crippen LogP contribution in [0.25, 0.3) is 51.3 Å². The van der Waals surface area contributed by atoms with E-state index in [0.29, 0.717) is 5.92 Å². The predicted octanol–water partition coefficient (Wildman–Crippen LogP) is 5.68. The molecule has 5 heterocycles. The van der Waals surface area contributed by atoms with Gasteiger partial charge in [0.2, 0.25) is 0 Å². The van der Waals surface area contributed by atoms with Crippen molar-refractivity contribution in [1.29, 1.82) is 0 Å². The molecule has 7 nitrogen and oxygen atoms in total. The van der Waals surface area contributed by atoms with E-state index in [9.17, 15) is 0 Å². The van der Waals surface area contributed by atoms with Crippen LogP contribution in [0.1, 0.15) is 32.8 Å². The molecule has 0 amide bonds. The molecule has 0 spiro atoms. The van der Waals surface area contributed by atoms with Gasteiger partial charge in [0.05, 0.1) is 28.6 Å². The van der Waals surface area contributed by atoms with E-state index < -0.39 is 0 Å². The van der Waals surface area contributed by atoms with Crippen LogP contribution < -0.4 is 15.9 Å². The summed E-state index contributed by atoms with van der Waals surface area (Å²) >= 11 is 0. The lowest BCUT2D eigenvalue weighted by Crippen LogP contribution is -2.23. The normalized spacial score (nSPS) is 12.4. The molecule has 7 heteroatoms. The van der Waals surface area contributed by atoms with E-state index in [4.69, 9.17) is 0 Å². The van der Waals surface area contributed by atoms with Gasteiger partial charge in [-0.3, -0.25) is 20.1 Å².